The van der Waals surface area contributed by atoms with E-state index >= 15 is 0 Å². The van der Waals surface area contributed by atoms with Crippen molar-refractivity contribution in [1.29, 1.82) is 0 Å². The van der Waals surface area contributed by atoms with E-state index in [4.69, 9.17) is 4.74 Å². The Morgan fingerprint density at radius 3 is 2.53 bits per heavy atom. The van der Waals surface area contributed by atoms with Gasteiger partial charge >= 0.3 is 0 Å². The Hall–Kier alpha value is -3.67. The number of ether oxygens (including phenoxy) is 1. The molecule has 0 radical (unpaired) electrons. The molecule has 0 aromatic heterocycles. The lowest BCUT2D eigenvalue weighted by Gasteiger charge is -2.44. The van der Waals surface area contributed by atoms with Crippen LogP contribution >= 0.6 is 0 Å². The average molecular weight is 432 g/mol. The molecule has 0 bridgehead atoms. The van der Waals surface area contributed by atoms with E-state index in [1.165, 1.54) is 12.1 Å². The molecule has 32 heavy (non-hydrogen) atoms. The van der Waals surface area contributed by atoms with E-state index in [0.29, 0.717) is 24.1 Å². The number of rotatable bonds is 6. The van der Waals surface area contributed by atoms with E-state index in [9.17, 15) is 14.0 Å². The zero-order valence-electron chi connectivity index (χ0n) is 18.1. The Labute approximate surface area is 186 Å². The third-order valence-corrected chi connectivity index (χ3v) is 5.95. The summed E-state index contributed by atoms with van der Waals surface area (Å²) in [5.41, 5.74) is 1.83. The first-order chi connectivity index (χ1) is 15.4. The van der Waals surface area contributed by atoms with Crippen LogP contribution in [-0.4, -0.2) is 29.4 Å². The maximum Gasteiger partial charge on any atom is 0.255 e. The number of methoxy groups -OCH3 is 1. The fourth-order valence-electron chi connectivity index (χ4n) is 4.10. The van der Waals surface area contributed by atoms with Gasteiger partial charge < -0.3 is 15.0 Å². The van der Waals surface area contributed by atoms with Crippen LogP contribution in [0.2, 0.25) is 0 Å². The number of benzene rings is 3. The van der Waals surface area contributed by atoms with Crippen LogP contribution in [0.4, 0.5) is 4.39 Å². The van der Waals surface area contributed by atoms with E-state index in [0.717, 1.165) is 16.9 Å². The fourth-order valence-corrected chi connectivity index (χ4v) is 4.10. The number of amides is 2. The van der Waals surface area contributed by atoms with Gasteiger partial charge in [-0.1, -0.05) is 42.5 Å². The summed E-state index contributed by atoms with van der Waals surface area (Å²) < 4.78 is 19.0. The normalized spacial score (nSPS) is 17.6. The van der Waals surface area contributed by atoms with Gasteiger partial charge in [0.15, 0.2) is 0 Å². The molecule has 3 aromatic rings. The largest absolute Gasteiger partial charge is 0.497 e. The van der Waals surface area contributed by atoms with Gasteiger partial charge in [-0.3, -0.25) is 9.59 Å². The highest BCUT2D eigenvalue weighted by Crippen LogP contribution is 2.33. The van der Waals surface area contributed by atoms with Crippen molar-refractivity contribution in [3.63, 3.8) is 0 Å². The van der Waals surface area contributed by atoms with Crippen LogP contribution in [0.1, 0.15) is 34.0 Å². The number of fused-ring (bicyclic) bond motifs is 1. The zero-order chi connectivity index (χ0) is 22.7. The quantitative estimate of drug-likeness (QED) is 0.638. The second-order valence-electron chi connectivity index (χ2n) is 8.16. The number of nitrogens with one attached hydrogen (secondary N) is 1. The van der Waals surface area contributed by atoms with Crippen molar-refractivity contribution >= 4 is 11.8 Å². The average Bonchev–Trinajstić information content (AvgIpc) is 2.80. The van der Waals surface area contributed by atoms with Crippen LogP contribution in [0, 0.1) is 5.82 Å². The molecule has 4 rings (SSSR count). The molecule has 0 aliphatic carbocycles. The maximum atomic E-state index is 13.8. The van der Waals surface area contributed by atoms with Gasteiger partial charge in [0.1, 0.15) is 17.1 Å². The Bertz CT molecular complexity index is 1150. The van der Waals surface area contributed by atoms with Crippen molar-refractivity contribution in [1.82, 2.24) is 10.2 Å². The van der Waals surface area contributed by atoms with E-state index in [1.807, 2.05) is 42.5 Å². The van der Waals surface area contributed by atoms with Gasteiger partial charge in [0.25, 0.3) is 5.91 Å². The molecule has 0 unspecified atom stereocenters. The highest BCUT2D eigenvalue weighted by Gasteiger charge is 2.46. The monoisotopic (exact) mass is 432 g/mol. The van der Waals surface area contributed by atoms with Gasteiger partial charge in [-0.25, -0.2) is 4.39 Å². The van der Waals surface area contributed by atoms with Gasteiger partial charge in [0, 0.05) is 25.1 Å². The second kappa shape index (κ2) is 8.83. The first kappa shape index (κ1) is 21.6. The summed E-state index contributed by atoms with van der Waals surface area (Å²) >= 11 is 0. The predicted octanol–water partition coefficient (Wildman–Crippen LogP) is 4.11. The van der Waals surface area contributed by atoms with Crippen LogP contribution < -0.4 is 10.1 Å². The van der Waals surface area contributed by atoms with Crippen LogP contribution in [-0.2, 0) is 24.3 Å². The molecule has 1 N–H and O–H groups in total. The molecule has 6 heteroatoms. The predicted molar refractivity (Wildman–Crippen MR) is 120 cm³/mol. The van der Waals surface area contributed by atoms with Crippen LogP contribution in [0.25, 0.3) is 0 Å². The standard InChI is InChI=1S/C26H25FN2O3/c1-26(25(31)28-16-18-10-12-22(32-2)13-11-18)15-20-7-3-4-9-23(20)24(30)29(26)17-19-6-5-8-21(27)14-19/h3-14H,15-17H2,1-2H3,(H,28,31)/t26-/m0/s1. The number of nitrogens with zero attached hydrogens (tertiary/aromatic N) is 1. The molecule has 164 valence electrons. The number of halogens is 1. The molecule has 5 nitrogen and oxygen atoms in total. The summed E-state index contributed by atoms with van der Waals surface area (Å²) in [6, 6.07) is 20.9. The van der Waals surface area contributed by atoms with Crippen molar-refractivity contribution in [2.45, 2.75) is 32.0 Å². The van der Waals surface area contributed by atoms with Crippen LogP contribution in [0.5, 0.6) is 5.75 Å². The SMILES string of the molecule is COc1ccc(CNC(=O)[C@]2(C)Cc3ccccc3C(=O)N2Cc2cccc(F)c2)cc1. The third kappa shape index (κ3) is 4.21. The molecule has 1 heterocycles. The summed E-state index contributed by atoms with van der Waals surface area (Å²) in [6.45, 7) is 2.23. The molecule has 1 aliphatic rings. The van der Waals surface area contributed by atoms with Gasteiger partial charge in [-0.05, 0) is 53.9 Å². The second-order valence-corrected chi connectivity index (χ2v) is 8.16. The van der Waals surface area contributed by atoms with Gasteiger partial charge in [0.05, 0.1) is 7.11 Å². The molecule has 1 aliphatic heterocycles. The molecule has 3 aromatic carbocycles. The van der Waals surface area contributed by atoms with Crippen molar-refractivity contribution in [3.05, 3.63) is 101 Å². The fraction of sp³-hybridized carbons (Fsp3) is 0.231. The lowest BCUT2D eigenvalue weighted by molar-refractivity contribution is -0.132. The minimum absolute atomic E-state index is 0.136. The van der Waals surface area contributed by atoms with E-state index in [1.54, 1.807) is 37.1 Å². The lowest BCUT2D eigenvalue weighted by Crippen LogP contribution is -2.62. The van der Waals surface area contributed by atoms with Gasteiger partial charge in [-0.15, -0.1) is 0 Å². The molecular formula is C26H25FN2O3. The van der Waals surface area contributed by atoms with Crippen molar-refractivity contribution in [3.8, 4) is 5.75 Å². The molecule has 0 fully saturated rings. The molecule has 0 saturated carbocycles. The summed E-state index contributed by atoms with van der Waals surface area (Å²) in [5.74, 6) is -0.133. The zero-order valence-corrected chi connectivity index (χ0v) is 18.1. The smallest absolute Gasteiger partial charge is 0.255 e. The van der Waals surface area contributed by atoms with Crippen molar-refractivity contribution < 1.29 is 18.7 Å². The number of carbonyl (C=O) groups excluding carboxylic acids is 2. The Balaban J connectivity index is 1.62. The minimum atomic E-state index is -1.12. The van der Waals surface area contributed by atoms with Crippen LogP contribution in [0.3, 0.4) is 0 Å². The van der Waals surface area contributed by atoms with Crippen LogP contribution in [0.15, 0.2) is 72.8 Å². The topological polar surface area (TPSA) is 58.6 Å². The van der Waals surface area contributed by atoms with Crippen molar-refractivity contribution in [2.75, 3.05) is 7.11 Å². The number of hydrogen-bond donors (Lipinski definition) is 1. The summed E-state index contributed by atoms with van der Waals surface area (Å²) in [7, 11) is 1.60. The highest BCUT2D eigenvalue weighted by molar-refractivity contribution is 6.02. The highest BCUT2D eigenvalue weighted by atomic mass is 19.1. The lowest BCUT2D eigenvalue weighted by atomic mass is 9.82. The number of hydrogen-bond acceptors (Lipinski definition) is 3. The Morgan fingerprint density at radius 2 is 1.81 bits per heavy atom. The van der Waals surface area contributed by atoms with Crippen molar-refractivity contribution in [2.24, 2.45) is 0 Å². The summed E-state index contributed by atoms with van der Waals surface area (Å²) in [5, 5.41) is 2.98. The first-order valence-electron chi connectivity index (χ1n) is 10.5. The summed E-state index contributed by atoms with van der Waals surface area (Å²) in [6.07, 6.45) is 0.374. The van der Waals surface area contributed by atoms with Gasteiger partial charge in [0.2, 0.25) is 5.91 Å². The molecule has 0 saturated heterocycles. The molecule has 2 amide bonds. The van der Waals surface area contributed by atoms with E-state index < -0.39 is 5.54 Å². The molecular weight excluding hydrogens is 407 g/mol. The molecule has 0 spiro atoms. The number of carbonyl (C=O) groups is 2. The first-order valence-corrected chi connectivity index (χ1v) is 10.5. The van der Waals surface area contributed by atoms with E-state index in [2.05, 4.69) is 5.32 Å². The Morgan fingerprint density at radius 1 is 1.06 bits per heavy atom. The van der Waals surface area contributed by atoms with E-state index in [-0.39, 0.29) is 24.2 Å². The summed E-state index contributed by atoms with van der Waals surface area (Å²) in [4.78, 5) is 28.4. The molecule has 1 atom stereocenters. The third-order valence-electron chi connectivity index (χ3n) is 5.95. The Kier molecular flexibility index (Phi) is 5.95. The maximum absolute atomic E-state index is 13.8. The van der Waals surface area contributed by atoms with Gasteiger partial charge in [-0.2, -0.15) is 0 Å². The minimum Gasteiger partial charge on any atom is -0.497 e.